The zero-order valence-electron chi connectivity index (χ0n) is 10.7. The van der Waals surface area contributed by atoms with Crippen LogP contribution in [0.5, 0.6) is 0 Å². The standard InChI is InChI=1S/C13H22N2S2/c1-3-12-9-15(4-5-16-12)8-11-6-13(7-14)17-10(11)2/h6,12H,3-5,7-9,14H2,1-2H3. The second kappa shape index (κ2) is 6.23. The molecule has 1 aliphatic heterocycles. The number of thioether (sulfide) groups is 1. The van der Waals surface area contributed by atoms with Gasteiger partial charge in [0.05, 0.1) is 0 Å². The summed E-state index contributed by atoms with van der Waals surface area (Å²) in [5, 5.41) is 0.830. The van der Waals surface area contributed by atoms with Crippen molar-refractivity contribution in [2.24, 2.45) is 5.73 Å². The molecule has 2 rings (SSSR count). The molecule has 0 bridgehead atoms. The second-order valence-corrected chi connectivity index (χ2v) is 7.38. The van der Waals surface area contributed by atoms with E-state index in [1.807, 2.05) is 11.3 Å². The first-order valence-corrected chi connectivity index (χ1v) is 8.21. The Bertz CT molecular complexity index is 362. The third-order valence-electron chi connectivity index (χ3n) is 3.34. The minimum Gasteiger partial charge on any atom is -0.326 e. The monoisotopic (exact) mass is 270 g/mol. The Morgan fingerprint density at radius 3 is 3.00 bits per heavy atom. The zero-order valence-corrected chi connectivity index (χ0v) is 12.4. The lowest BCUT2D eigenvalue weighted by Gasteiger charge is -2.31. The van der Waals surface area contributed by atoms with Gasteiger partial charge in [0.1, 0.15) is 0 Å². The van der Waals surface area contributed by atoms with Gasteiger partial charge in [-0.05, 0) is 25.0 Å². The van der Waals surface area contributed by atoms with Crippen LogP contribution in [0.1, 0.15) is 28.7 Å². The molecule has 2 nitrogen and oxygen atoms in total. The van der Waals surface area contributed by atoms with Crippen molar-refractivity contribution >= 4 is 23.1 Å². The quantitative estimate of drug-likeness (QED) is 0.912. The molecule has 1 unspecified atom stereocenters. The fraction of sp³-hybridized carbons (Fsp3) is 0.692. The van der Waals surface area contributed by atoms with Gasteiger partial charge in [-0.3, -0.25) is 4.90 Å². The van der Waals surface area contributed by atoms with Crippen LogP contribution < -0.4 is 5.73 Å². The SMILES string of the molecule is CCC1CN(Cc2cc(CN)sc2C)CCS1. The summed E-state index contributed by atoms with van der Waals surface area (Å²) in [5.41, 5.74) is 7.19. The molecule has 0 saturated carbocycles. The Kier molecular flexibility index (Phi) is 4.91. The molecule has 0 aromatic carbocycles. The Hall–Kier alpha value is -0.0300. The fourth-order valence-corrected chi connectivity index (χ4v) is 4.44. The molecule has 1 saturated heterocycles. The molecule has 4 heteroatoms. The largest absolute Gasteiger partial charge is 0.326 e. The topological polar surface area (TPSA) is 29.3 Å². The predicted molar refractivity (Wildman–Crippen MR) is 78.8 cm³/mol. The van der Waals surface area contributed by atoms with E-state index in [9.17, 15) is 0 Å². The highest BCUT2D eigenvalue weighted by Crippen LogP contribution is 2.26. The van der Waals surface area contributed by atoms with Crippen LogP contribution in [0, 0.1) is 6.92 Å². The van der Waals surface area contributed by atoms with Crippen LogP contribution in [0.4, 0.5) is 0 Å². The molecule has 2 N–H and O–H groups in total. The van der Waals surface area contributed by atoms with Gasteiger partial charge < -0.3 is 5.73 Å². The van der Waals surface area contributed by atoms with E-state index >= 15 is 0 Å². The normalized spacial score (nSPS) is 21.9. The van der Waals surface area contributed by atoms with E-state index in [0.717, 1.165) is 11.8 Å². The molecule has 0 spiro atoms. The van der Waals surface area contributed by atoms with Gasteiger partial charge in [-0.2, -0.15) is 11.8 Å². The van der Waals surface area contributed by atoms with Crippen molar-refractivity contribution < 1.29 is 0 Å². The van der Waals surface area contributed by atoms with Crippen molar-refractivity contribution in [2.75, 3.05) is 18.8 Å². The van der Waals surface area contributed by atoms with Crippen molar-refractivity contribution in [3.8, 4) is 0 Å². The maximum atomic E-state index is 5.70. The van der Waals surface area contributed by atoms with Gasteiger partial charge in [0, 0.05) is 46.9 Å². The van der Waals surface area contributed by atoms with Gasteiger partial charge in [-0.15, -0.1) is 11.3 Å². The Morgan fingerprint density at radius 1 is 1.53 bits per heavy atom. The number of thiophene rings is 1. The average Bonchev–Trinajstić information content (AvgIpc) is 2.70. The molecular formula is C13H22N2S2. The summed E-state index contributed by atoms with van der Waals surface area (Å²) in [5.74, 6) is 1.28. The maximum absolute atomic E-state index is 5.70. The van der Waals surface area contributed by atoms with Gasteiger partial charge in [0.25, 0.3) is 0 Å². The van der Waals surface area contributed by atoms with E-state index in [1.54, 1.807) is 0 Å². The number of aryl methyl sites for hydroxylation is 1. The number of nitrogens with zero attached hydrogens (tertiary/aromatic N) is 1. The third-order valence-corrected chi connectivity index (χ3v) is 5.83. The van der Waals surface area contributed by atoms with Crippen molar-refractivity contribution in [3.05, 3.63) is 21.4 Å². The molecule has 96 valence electrons. The van der Waals surface area contributed by atoms with Gasteiger partial charge in [-0.25, -0.2) is 0 Å². The minimum atomic E-state index is 0.680. The van der Waals surface area contributed by atoms with Crippen LogP contribution in [0.2, 0.25) is 0 Å². The predicted octanol–water partition coefficient (Wildman–Crippen LogP) is 2.84. The number of rotatable bonds is 4. The summed E-state index contributed by atoms with van der Waals surface area (Å²) < 4.78 is 0. The van der Waals surface area contributed by atoms with Crippen LogP contribution in [0.3, 0.4) is 0 Å². The Balaban J connectivity index is 1.97. The second-order valence-electron chi connectivity index (χ2n) is 4.63. The highest BCUT2D eigenvalue weighted by molar-refractivity contribution is 8.00. The molecular weight excluding hydrogens is 248 g/mol. The van der Waals surface area contributed by atoms with E-state index in [1.165, 1.54) is 40.6 Å². The lowest BCUT2D eigenvalue weighted by molar-refractivity contribution is 0.273. The number of nitrogens with two attached hydrogens (primary N) is 1. The van der Waals surface area contributed by atoms with Crippen molar-refractivity contribution in [1.82, 2.24) is 4.90 Å². The van der Waals surface area contributed by atoms with Gasteiger partial charge >= 0.3 is 0 Å². The molecule has 1 atom stereocenters. The minimum absolute atomic E-state index is 0.680. The van der Waals surface area contributed by atoms with Crippen LogP contribution in [0.15, 0.2) is 6.07 Å². The van der Waals surface area contributed by atoms with E-state index in [2.05, 4.69) is 36.6 Å². The van der Waals surface area contributed by atoms with Crippen LogP contribution in [-0.2, 0) is 13.1 Å². The van der Waals surface area contributed by atoms with E-state index in [-0.39, 0.29) is 0 Å². The third kappa shape index (κ3) is 3.47. The van der Waals surface area contributed by atoms with Gasteiger partial charge in [0.2, 0.25) is 0 Å². The Labute approximate surface area is 113 Å². The van der Waals surface area contributed by atoms with Crippen LogP contribution in [-0.4, -0.2) is 29.0 Å². The number of hydrogen-bond acceptors (Lipinski definition) is 4. The number of hydrogen-bond donors (Lipinski definition) is 1. The van der Waals surface area contributed by atoms with Crippen LogP contribution in [0.25, 0.3) is 0 Å². The Morgan fingerprint density at radius 2 is 2.35 bits per heavy atom. The molecule has 1 fully saturated rings. The molecule has 0 aliphatic carbocycles. The highest BCUT2D eigenvalue weighted by atomic mass is 32.2. The maximum Gasteiger partial charge on any atom is 0.0274 e. The molecule has 0 radical (unpaired) electrons. The lowest BCUT2D eigenvalue weighted by atomic mass is 10.2. The van der Waals surface area contributed by atoms with Crippen molar-refractivity contribution in [1.29, 1.82) is 0 Å². The fourth-order valence-electron chi connectivity index (χ4n) is 2.26. The molecule has 1 aromatic heterocycles. The lowest BCUT2D eigenvalue weighted by Crippen LogP contribution is -2.37. The first kappa shape index (κ1) is 13.4. The van der Waals surface area contributed by atoms with Gasteiger partial charge in [-0.1, -0.05) is 6.92 Å². The first-order chi connectivity index (χ1) is 8.22. The summed E-state index contributed by atoms with van der Waals surface area (Å²) in [6, 6.07) is 2.29. The average molecular weight is 270 g/mol. The first-order valence-electron chi connectivity index (χ1n) is 6.35. The summed E-state index contributed by atoms with van der Waals surface area (Å²) in [7, 11) is 0. The molecule has 1 aromatic rings. The molecule has 17 heavy (non-hydrogen) atoms. The van der Waals surface area contributed by atoms with Crippen molar-refractivity contribution in [3.63, 3.8) is 0 Å². The molecule has 2 heterocycles. The molecule has 1 aliphatic rings. The van der Waals surface area contributed by atoms with Crippen LogP contribution >= 0.6 is 23.1 Å². The van der Waals surface area contributed by atoms with E-state index in [0.29, 0.717) is 6.54 Å². The van der Waals surface area contributed by atoms with Gasteiger partial charge in [0.15, 0.2) is 0 Å². The van der Waals surface area contributed by atoms with E-state index in [4.69, 9.17) is 5.73 Å². The van der Waals surface area contributed by atoms with Crippen molar-refractivity contribution in [2.45, 2.75) is 38.6 Å². The molecule has 0 amide bonds. The summed E-state index contributed by atoms with van der Waals surface area (Å²) in [6.07, 6.45) is 1.29. The summed E-state index contributed by atoms with van der Waals surface area (Å²) >= 11 is 3.98. The summed E-state index contributed by atoms with van der Waals surface area (Å²) in [6.45, 7) is 8.78. The summed E-state index contributed by atoms with van der Waals surface area (Å²) in [4.78, 5) is 5.35. The smallest absolute Gasteiger partial charge is 0.0274 e. The highest BCUT2D eigenvalue weighted by Gasteiger charge is 2.19. The van der Waals surface area contributed by atoms with E-state index < -0.39 is 0 Å². The zero-order chi connectivity index (χ0) is 12.3.